The van der Waals surface area contributed by atoms with Crippen molar-refractivity contribution >= 4 is 0 Å². The van der Waals surface area contributed by atoms with Gasteiger partial charge in [-0.3, -0.25) is 9.88 Å². The first-order chi connectivity index (χ1) is 13.7. The van der Waals surface area contributed by atoms with Crippen LogP contribution in [0.3, 0.4) is 0 Å². The average Bonchev–Trinajstić information content (AvgIpc) is 2.74. The molecule has 0 radical (unpaired) electrons. The van der Waals surface area contributed by atoms with E-state index in [0.717, 1.165) is 37.8 Å². The summed E-state index contributed by atoms with van der Waals surface area (Å²) in [7, 11) is 0. The van der Waals surface area contributed by atoms with Gasteiger partial charge in [-0.25, -0.2) is 0 Å². The predicted molar refractivity (Wildman–Crippen MR) is 114 cm³/mol. The Kier molecular flexibility index (Phi) is 6.43. The summed E-state index contributed by atoms with van der Waals surface area (Å²) in [4.78, 5) is 7.39. The van der Waals surface area contributed by atoms with Crippen molar-refractivity contribution < 1.29 is 4.74 Å². The number of hydrogen-bond donors (Lipinski definition) is 0. The van der Waals surface area contributed by atoms with Crippen LogP contribution < -0.4 is 0 Å². The SMILES string of the molecule is Cc1cccc(CCC2(C3CCN(Cc4ccccc4)CC3)CCOCC2)n1. The maximum Gasteiger partial charge on any atom is 0.0471 e. The number of pyridine rings is 1. The standard InChI is InChI=1S/C25H34N2O/c1-21-6-5-9-24(26-21)10-13-25(14-18-28-19-15-25)23-11-16-27(17-12-23)20-22-7-3-2-4-8-22/h2-9,23H,10-20H2,1H3. The lowest BCUT2D eigenvalue weighted by molar-refractivity contribution is -0.0417. The van der Waals surface area contributed by atoms with Gasteiger partial charge >= 0.3 is 0 Å². The lowest BCUT2D eigenvalue weighted by atomic mass is 9.64. The molecular formula is C25H34N2O. The maximum atomic E-state index is 5.76. The summed E-state index contributed by atoms with van der Waals surface area (Å²) in [5, 5.41) is 0. The molecule has 2 saturated heterocycles. The number of nitrogens with zero attached hydrogens (tertiary/aromatic N) is 2. The summed E-state index contributed by atoms with van der Waals surface area (Å²) >= 11 is 0. The number of hydrogen-bond acceptors (Lipinski definition) is 3. The fourth-order valence-corrected chi connectivity index (χ4v) is 5.30. The minimum Gasteiger partial charge on any atom is -0.381 e. The molecule has 2 aliphatic rings. The second kappa shape index (κ2) is 9.19. The number of aromatic nitrogens is 1. The first-order valence-corrected chi connectivity index (χ1v) is 11.0. The van der Waals surface area contributed by atoms with Gasteiger partial charge in [0.15, 0.2) is 0 Å². The normalized spacial score (nSPS) is 20.9. The summed E-state index contributed by atoms with van der Waals surface area (Å²) < 4.78 is 5.76. The topological polar surface area (TPSA) is 25.4 Å². The number of likely N-dealkylation sites (tertiary alicyclic amines) is 1. The first-order valence-electron chi connectivity index (χ1n) is 11.0. The highest BCUT2D eigenvalue weighted by Gasteiger charge is 2.41. The molecule has 3 heterocycles. The average molecular weight is 379 g/mol. The van der Waals surface area contributed by atoms with E-state index in [1.165, 1.54) is 56.5 Å². The Morgan fingerprint density at radius 2 is 1.75 bits per heavy atom. The van der Waals surface area contributed by atoms with Crippen LogP contribution in [0.15, 0.2) is 48.5 Å². The van der Waals surface area contributed by atoms with E-state index < -0.39 is 0 Å². The van der Waals surface area contributed by atoms with Crippen molar-refractivity contribution in [2.24, 2.45) is 11.3 Å². The van der Waals surface area contributed by atoms with Crippen LogP contribution in [-0.4, -0.2) is 36.2 Å². The van der Waals surface area contributed by atoms with Gasteiger partial charge < -0.3 is 4.74 Å². The van der Waals surface area contributed by atoms with Crippen molar-refractivity contribution in [3.63, 3.8) is 0 Å². The van der Waals surface area contributed by atoms with E-state index in [0.29, 0.717) is 5.41 Å². The zero-order chi connectivity index (χ0) is 19.2. The van der Waals surface area contributed by atoms with Gasteiger partial charge in [-0.15, -0.1) is 0 Å². The monoisotopic (exact) mass is 378 g/mol. The molecule has 4 rings (SSSR count). The largest absolute Gasteiger partial charge is 0.381 e. The molecule has 0 N–H and O–H groups in total. The van der Waals surface area contributed by atoms with Crippen LogP contribution >= 0.6 is 0 Å². The Morgan fingerprint density at radius 1 is 1.00 bits per heavy atom. The van der Waals surface area contributed by atoms with Gasteiger partial charge in [0, 0.05) is 31.1 Å². The van der Waals surface area contributed by atoms with Gasteiger partial charge in [0.25, 0.3) is 0 Å². The van der Waals surface area contributed by atoms with Gasteiger partial charge in [0.2, 0.25) is 0 Å². The molecule has 0 atom stereocenters. The van der Waals surface area contributed by atoms with Crippen molar-refractivity contribution in [2.75, 3.05) is 26.3 Å². The van der Waals surface area contributed by atoms with Crippen molar-refractivity contribution in [1.82, 2.24) is 9.88 Å². The molecule has 2 aliphatic heterocycles. The Labute approximate surface area is 170 Å². The molecule has 1 aromatic carbocycles. The molecule has 3 heteroatoms. The Balaban J connectivity index is 1.37. The molecule has 0 bridgehead atoms. The third-order valence-electron chi connectivity index (χ3n) is 7.02. The quantitative estimate of drug-likeness (QED) is 0.705. The van der Waals surface area contributed by atoms with Crippen LogP contribution in [-0.2, 0) is 17.7 Å². The van der Waals surface area contributed by atoms with E-state index in [1.54, 1.807) is 0 Å². The highest BCUT2D eigenvalue weighted by Crippen LogP contribution is 2.46. The highest BCUT2D eigenvalue weighted by atomic mass is 16.5. The van der Waals surface area contributed by atoms with Crippen molar-refractivity contribution in [2.45, 2.75) is 52.0 Å². The number of benzene rings is 1. The number of aryl methyl sites for hydroxylation is 2. The fourth-order valence-electron chi connectivity index (χ4n) is 5.30. The van der Waals surface area contributed by atoms with Crippen LogP contribution in [0, 0.1) is 18.3 Å². The van der Waals surface area contributed by atoms with Crippen molar-refractivity contribution in [3.05, 3.63) is 65.5 Å². The van der Waals surface area contributed by atoms with Gasteiger partial charge in [-0.2, -0.15) is 0 Å². The van der Waals surface area contributed by atoms with Gasteiger partial charge in [0.05, 0.1) is 0 Å². The molecular weight excluding hydrogens is 344 g/mol. The molecule has 1 aromatic heterocycles. The highest BCUT2D eigenvalue weighted by molar-refractivity contribution is 5.14. The van der Waals surface area contributed by atoms with Gasteiger partial charge in [-0.05, 0) is 87.6 Å². The Bertz CT molecular complexity index is 731. The summed E-state index contributed by atoms with van der Waals surface area (Å²) in [5.41, 5.74) is 4.27. The zero-order valence-electron chi connectivity index (χ0n) is 17.3. The zero-order valence-corrected chi connectivity index (χ0v) is 17.3. The minimum atomic E-state index is 0.447. The van der Waals surface area contributed by atoms with Gasteiger partial charge in [0.1, 0.15) is 0 Å². The molecule has 2 aromatic rings. The van der Waals surface area contributed by atoms with Gasteiger partial charge in [-0.1, -0.05) is 36.4 Å². The van der Waals surface area contributed by atoms with E-state index in [9.17, 15) is 0 Å². The summed E-state index contributed by atoms with van der Waals surface area (Å²) in [5.74, 6) is 0.827. The van der Waals surface area contributed by atoms with E-state index in [-0.39, 0.29) is 0 Å². The Morgan fingerprint density at radius 3 is 2.46 bits per heavy atom. The third kappa shape index (κ3) is 4.82. The van der Waals surface area contributed by atoms with E-state index in [1.807, 2.05) is 0 Å². The molecule has 0 saturated carbocycles. The number of ether oxygens (including phenoxy) is 1. The van der Waals surface area contributed by atoms with Crippen LogP contribution in [0.25, 0.3) is 0 Å². The second-order valence-electron chi connectivity index (χ2n) is 8.78. The molecule has 2 fully saturated rings. The van der Waals surface area contributed by atoms with Crippen molar-refractivity contribution in [1.29, 1.82) is 0 Å². The fraction of sp³-hybridized carbons (Fsp3) is 0.560. The van der Waals surface area contributed by atoms with Crippen LogP contribution in [0.4, 0.5) is 0 Å². The summed E-state index contributed by atoms with van der Waals surface area (Å²) in [6, 6.07) is 17.3. The smallest absolute Gasteiger partial charge is 0.0471 e. The molecule has 0 amide bonds. The molecule has 0 aliphatic carbocycles. The molecule has 0 unspecified atom stereocenters. The third-order valence-corrected chi connectivity index (χ3v) is 7.02. The van der Waals surface area contributed by atoms with Crippen LogP contribution in [0.1, 0.15) is 49.1 Å². The Hall–Kier alpha value is -1.71. The summed E-state index contributed by atoms with van der Waals surface area (Å²) in [6.07, 6.45) is 7.47. The van der Waals surface area contributed by atoms with E-state index in [2.05, 4.69) is 60.4 Å². The lowest BCUT2D eigenvalue weighted by Gasteiger charge is -2.47. The number of piperidine rings is 1. The van der Waals surface area contributed by atoms with E-state index in [4.69, 9.17) is 9.72 Å². The van der Waals surface area contributed by atoms with Crippen LogP contribution in [0.2, 0.25) is 0 Å². The minimum absolute atomic E-state index is 0.447. The first kappa shape index (κ1) is 19.6. The second-order valence-corrected chi connectivity index (χ2v) is 8.78. The molecule has 0 spiro atoms. The molecule has 3 nitrogen and oxygen atoms in total. The van der Waals surface area contributed by atoms with Crippen LogP contribution in [0.5, 0.6) is 0 Å². The van der Waals surface area contributed by atoms with E-state index >= 15 is 0 Å². The van der Waals surface area contributed by atoms with Crippen molar-refractivity contribution in [3.8, 4) is 0 Å². The molecule has 28 heavy (non-hydrogen) atoms. The molecule has 150 valence electrons. The summed E-state index contributed by atoms with van der Waals surface area (Å²) in [6.45, 7) is 7.51. The number of rotatable bonds is 6. The maximum absolute atomic E-state index is 5.76. The lowest BCUT2D eigenvalue weighted by Crippen LogP contribution is -2.43. The predicted octanol–water partition coefficient (Wildman–Crippen LogP) is 5.03.